The minimum absolute atomic E-state index is 0.0371. The van der Waals surface area contributed by atoms with Gasteiger partial charge in [0.1, 0.15) is 18.5 Å². The van der Waals surface area contributed by atoms with E-state index in [-0.39, 0.29) is 19.3 Å². The van der Waals surface area contributed by atoms with Gasteiger partial charge in [-0.3, -0.25) is 4.90 Å². The summed E-state index contributed by atoms with van der Waals surface area (Å²) in [5.74, 6) is 0.672. The smallest absolute Gasteiger partial charge is 0.128 e. The molecule has 2 rings (SSSR count). The van der Waals surface area contributed by atoms with Crippen molar-refractivity contribution in [1.29, 1.82) is 0 Å². The van der Waals surface area contributed by atoms with Gasteiger partial charge in [-0.25, -0.2) is 0 Å². The Morgan fingerprint density at radius 2 is 1.95 bits per heavy atom. The van der Waals surface area contributed by atoms with Gasteiger partial charge < -0.3 is 20.1 Å². The topological polar surface area (TPSA) is 73.2 Å². The first-order valence-electron chi connectivity index (χ1n) is 6.65. The van der Waals surface area contributed by atoms with Crippen LogP contribution in [0.25, 0.3) is 0 Å². The highest BCUT2D eigenvalue weighted by molar-refractivity contribution is 6.30. The maximum Gasteiger partial charge on any atom is 0.128 e. The van der Waals surface area contributed by atoms with Gasteiger partial charge in [0.25, 0.3) is 0 Å². The Kier molecular flexibility index (Phi) is 5.23. The molecule has 1 heterocycles. The lowest BCUT2D eigenvalue weighted by Crippen LogP contribution is -2.48. The van der Waals surface area contributed by atoms with E-state index in [0.717, 1.165) is 5.56 Å². The zero-order chi connectivity index (χ0) is 14.7. The lowest BCUT2D eigenvalue weighted by molar-refractivity contribution is -0.00888. The van der Waals surface area contributed by atoms with Crippen LogP contribution in [0.15, 0.2) is 12.1 Å². The number of benzene rings is 1. The van der Waals surface area contributed by atoms with Gasteiger partial charge >= 0.3 is 0 Å². The van der Waals surface area contributed by atoms with E-state index in [0.29, 0.717) is 36.0 Å². The number of hydrogen-bond acceptors (Lipinski definition) is 5. The van der Waals surface area contributed by atoms with Gasteiger partial charge in [0, 0.05) is 23.7 Å². The zero-order valence-corrected chi connectivity index (χ0v) is 12.2. The summed E-state index contributed by atoms with van der Waals surface area (Å²) in [6.45, 7) is 2.88. The molecule has 112 valence electrons. The van der Waals surface area contributed by atoms with E-state index in [9.17, 15) is 5.11 Å². The second-order valence-electron chi connectivity index (χ2n) is 4.95. The number of aryl methyl sites for hydroxylation is 1. The quantitative estimate of drug-likeness (QED) is 0.748. The largest absolute Gasteiger partial charge is 0.491 e. The number of aliphatic hydroxyl groups is 3. The van der Waals surface area contributed by atoms with Gasteiger partial charge in [0.15, 0.2) is 0 Å². The van der Waals surface area contributed by atoms with E-state index in [4.69, 9.17) is 26.6 Å². The fraction of sp³-hybridized carbons (Fsp3) is 0.571. The molecule has 1 aromatic rings. The van der Waals surface area contributed by atoms with Crippen LogP contribution in [-0.2, 0) is 0 Å². The average molecular weight is 302 g/mol. The van der Waals surface area contributed by atoms with Crippen LogP contribution < -0.4 is 4.74 Å². The monoisotopic (exact) mass is 301 g/mol. The number of halogens is 1. The fourth-order valence-corrected chi connectivity index (χ4v) is 2.93. The number of hydrogen-bond donors (Lipinski definition) is 3. The molecule has 3 N–H and O–H groups in total. The third-order valence-electron chi connectivity index (χ3n) is 3.59. The van der Waals surface area contributed by atoms with E-state index in [2.05, 4.69) is 0 Å². The standard InChI is InChI=1S/C14H20ClNO4/c1-9-6-10(15)7-11-13(19)12(8-20-14(9)11)16(2-4-17)3-5-18/h6-7,12-13,17-19H,2-5,8H2,1H3. The molecule has 0 bridgehead atoms. The zero-order valence-electron chi connectivity index (χ0n) is 11.4. The van der Waals surface area contributed by atoms with Gasteiger partial charge in [0.2, 0.25) is 0 Å². The highest BCUT2D eigenvalue weighted by Crippen LogP contribution is 2.38. The molecule has 6 heteroatoms. The van der Waals surface area contributed by atoms with Gasteiger partial charge in [-0.15, -0.1) is 0 Å². The number of fused-ring (bicyclic) bond motifs is 1. The summed E-state index contributed by atoms with van der Waals surface area (Å²) in [7, 11) is 0. The Morgan fingerprint density at radius 1 is 1.30 bits per heavy atom. The summed E-state index contributed by atoms with van der Waals surface area (Å²) in [5.41, 5.74) is 1.55. The first-order valence-corrected chi connectivity index (χ1v) is 7.03. The van der Waals surface area contributed by atoms with Crippen molar-refractivity contribution in [2.45, 2.75) is 19.1 Å². The van der Waals surface area contributed by atoms with E-state index in [1.165, 1.54) is 0 Å². The summed E-state index contributed by atoms with van der Waals surface area (Å²) < 4.78 is 5.74. The summed E-state index contributed by atoms with van der Waals surface area (Å²) >= 11 is 6.04. The van der Waals surface area contributed by atoms with Gasteiger partial charge in [-0.1, -0.05) is 11.6 Å². The lowest BCUT2D eigenvalue weighted by atomic mass is 9.95. The molecule has 1 aliphatic heterocycles. The molecule has 0 spiro atoms. The third-order valence-corrected chi connectivity index (χ3v) is 3.81. The molecule has 20 heavy (non-hydrogen) atoms. The second kappa shape index (κ2) is 6.74. The number of ether oxygens (including phenoxy) is 1. The van der Waals surface area contributed by atoms with Crippen LogP contribution in [0.3, 0.4) is 0 Å². The van der Waals surface area contributed by atoms with Crippen molar-refractivity contribution in [1.82, 2.24) is 4.90 Å². The first-order chi connectivity index (χ1) is 9.58. The van der Waals surface area contributed by atoms with Crippen LogP contribution >= 0.6 is 11.6 Å². The Balaban J connectivity index is 2.28. The average Bonchev–Trinajstić information content (AvgIpc) is 2.40. The van der Waals surface area contributed by atoms with Crippen LogP contribution in [0.1, 0.15) is 17.2 Å². The molecule has 0 saturated heterocycles. The van der Waals surface area contributed by atoms with Crippen LogP contribution in [0.5, 0.6) is 5.75 Å². The molecule has 0 amide bonds. The van der Waals surface area contributed by atoms with Gasteiger partial charge in [0.05, 0.1) is 19.3 Å². The third kappa shape index (κ3) is 3.07. The van der Waals surface area contributed by atoms with Crippen molar-refractivity contribution in [3.8, 4) is 5.75 Å². The summed E-state index contributed by atoms with van der Waals surface area (Å²) in [4.78, 5) is 1.82. The van der Waals surface area contributed by atoms with E-state index in [1.54, 1.807) is 12.1 Å². The van der Waals surface area contributed by atoms with Gasteiger partial charge in [-0.05, 0) is 24.6 Å². The van der Waals surface area contributed by atoms with Crippen molar-refractivity contribution in [3.05, 3.63) is 28.3 Å². The number of aliphatic hydroxyl groups excluding tert-OH is 3. The Bertz CT molecular complexity index is 463. The van der Waals surface area contributed by atoms with Crippen LogP contribution in [0, 0.1) is 6.92 Å². The van der Waals surface area contributed by atoms with Gasteiger partial charge in [-0.2, -0.15) is 0 Å². The minimum atomic E-state index is -0.755. The lowest BCUT2D eigenvalue weighted by Gasteiger charge is -2.38. The SMILES string of the molecule is Cc1cc(Cl)cc2c1OCC(N(CCO)CCO)C2O. The molecule has 5 nitrogen and oxygen atoms in total. The van der Waals surface area contributed by atoms with Crippen molar-refractivity contribution >= 4 is 11.6 Å². The molecule has 0 radical (unpaired) electrons. The van der Waals surface area contributed by atoms with E-state index < -0.39 is 6.10 Å². The molecular formula is C14H20ClNO4. The molecule has 0 fully saturated rings. The second-order valence-corrected chi connectivity index (χ2v) is 5.38. The molecule has 1 aromatic carbocycles. The van der Waals surface area contributed by atoms with Crippen molar-refractivity contribution in [2.24, 2.45) is 0 Å². The fourth-order valence-electron chi connectivity index (χ4n) is 2.65. The van der Waals surface area contributed by atoms with Crippen molar-refractivity contribution in [2.75, 3.05) is 32.9 Å². The molecule has 2 atom stereocenters. The Morgan fingerprint density at radius 3 is 2.55 bits per heavy atom. The maximum atomic E-state index is 10.6. The number of nitrogens with zero attached hydrogens (tertiary/aromatic N) is 1. The Labute approximate surface area is 123 Å². The van der Waals surface area contributed by atoms with E-state index in [1.807, 2.05) is 11.8 Å². The highest BCUT2D eigenvalue weighted by atomic mass is 35.5. The Hall–Kier alpha value is -0.850. The predicted octanol–water partition coefficient (Wildman–Crippen LogP) is 0.729. The normalized spacial score (nSPS) is 21.7. The molecular weight excluding hydrogens is 282 g/mol. The van der Waals surface area contributed by atoms with Crippen LogP contribution in [-0.4, -0.2) is 59.2 Å². The van der Waals surface area contributed by atoms with Crippen molar-refractivity contribution in [3.63, 3.8) is 0 Å². The summed E-state index contributed by atoms with van der Waals surface area (Å²) in [6, 6.07) is 3.20. The number of rotatable bonds is 5. The summed E-state index contributed by atoms with van der Waals surface area (Å²) in [6.07, 6.45) is -0.755. The molecule has 0 saturated carbocycles. The summed E-state index contributed by atoms with van der Waals surface area (Å²) in [5, 5.41) is 29.3. The van der Waals surface area contributed by atoms with Crippen LogP contribution in [0.4, 0.5) is 0 Å². The molecule has 0 aliphatic carbocycles. The highest BCUT2D eigenvalue weighted by Gasteiger charge is 2.34. The van der Waals surface area contributed by atoms with E-state index >= 15 is 0 Å². The molecule has 2 unspecified atom stereocenters. The molecule has 1 aliphatic rings. The van der Waals surface area contributed by atoms with Crippen molar-refractivity contribution < 1.29 is 20.1 Å². The maximum absolute atomic E-state index is 10.6. The predicted molar refractivity (Wildman–Crippen MR) is 76.2 cm³/mol. The minimum Gasteiger partial charge on any atom is -0.491 e. The van der Waals surface area contributed by atoms with Crippen LogP contribution in [0.2, 0.25) is 5.02 Å². The first kappa shape index (κ1) is 15.5. The molecule has 0 aromatic heterocycles.